The summed E-state index contributed by atoms with van der Waals surface area (Å²) in [4.78, 5) is 4.03. The Bertz CT molecular complexity index is 611. The van der Waals surface area contributed by atoms with Gasteiger partial charge >= 0.3 is 0 Å². The molecule has 0 saturated heterocycles. The van der Waals surface area contributed by atoms with Crippen molar-refractivity contribution in [1.82, 2.24) is 4.98 Å². The van der Waals surface area contributed by atoms with E-state index in [0.29, 0.717) is 17.4 Å². The third-order valence-electron chi connectivity index (χ3n) is 3.09. The van der Waals surface area contributed by atoms with Gasteiger partial charge in [-0.15, -0.1) is 0 Å². The Morgan fingerprint density at radius 2 is 2.05 bits per heavy atom. The number of hydrogen-bond donors (Lipinski definition) is 1. The van der Waals surface area contributed by atoms with E-state index in [0.717, 1.165) is 21.9 Å². The molecule has 0 aliphatic heterocycles. The minimum atomic E-state index is -0.103. The number of halogens is 1. The smallest absolute Gasteiger partial charge is 0.130 e. The Morgan fingerprint density at radius 3 is 2.70 bits per heavy atom. The van der Waals surface area contributed by atoms with E-state index in [-0.39, 0.29) is 6.61 Å². The van der Waals surface area contributed by atoms with Crippen molar-refractivity contribution in [3.8, 4) is 11.5 Å². The number of benzene rings is 1. The number of pyridine rings is 1. The maximum absolute atomic E-state index is 9.10. The van der Waals surface area contributed by atoms with Crippen LogP contribution in [0.15, 0.2) is 30.5 Å². The van der Waals surface area contributed by atoms with Gasteiger partial charge in [-0.2, -0.15) is 0 Å². The van der Waals surface area contributed by atoms with Crippen LogP contribution in [0.5, 0.6) is 11.5 Å². The van der Waals surface area contributed by atoms with Crippen molar-refractivity contribution in [2.24, 2.45) is 0 Å². The molecule has 0 radical (unpaired) electrons. The molecule has 0 spiro atoms. The van der Waals surface area contributed by atoms with E-state index in [1.807, 2.05) is 19.1 Å². The standard InChI is InChI=1S/C16H18ClNO2/c1-10(2)14-8-16(11(3)6-15(14)17)20-13-4-5-18-12(7-13)9-19/h4-8,10,19H,9H2,1-3H3. The molecular formula is C16H18ClNO2. The van der Waals surface area contributed by atoms with Crippen LogP contribution < -0.4 is 4.74 Å². The lowest BCUT2D eigenvalue weighted by atomic mass is 10.0. The molecule has 4 heteroatoms. The zero-order valence-electron chi connectivity index (χ0n) is 11.9. The van der Waals surface area contributed by atoms with Gasteiger partial charge in [-0.05, 0) is 42.2 Å². The summed E-state index contributed by atoms with van der Waals surface area (Å²) in [6.07, 6.45) is 1.62. The van der Waals surface area contributed by atoms with Gasteiger partial charge in [-0.1, -0.05) is 25.4 Å². The number of aryl methyl sites for hydroxylation is 1. The van der Waals surface area contributed by atoms with Gasteiger partial charge in [0.1, 0.15) is 11.5 Å². The summed E-state index contributed by atoms with van der Waals surface area (Å²) < 4.78 is 5.89. The summed E-state index contributed by atoms with van der Waals surface area (Å²) in [6.45, 7) is 6.04. The summed E-state index contributed by atoms with van der Waals surface area (Å²) in [7, 11) is 0. The molecule has 1 N–H and O–H groups in total. The second-order valence-corrected chi connectivity index (χ2v) is 5.44. The zero-order valence-corrected chi connectivity index (χ0v) is 12.6. The molecule has 0 bridgehead atoms. The monoisotopic (exact) mass is 291 g/mol. The van der Waals surface area contributed by atoms with Crippen LogP contribution in [0.2, 0.25) is 5.02 Å². The fourth-order valence-electron chi connectivity index (χ4n) is 1.95. The van der Waals surface area contributed by atoms with E-state index in [1.165, 1.54) is 0 Å². The highest BCUT2D eigenvalue weighted by atomic mass is 35.5. The van der Waals surface area contributed by atoms with Crippen molar-refractivity contribution in [3.05, 3.63) is 52.3 Å². The summed E-state index contributed by atoms with van der Waals surface area (Å²) in [6, 6.07) is 7.38. The quantitative estimate of drug-likeness (QED) is 0.905. The van der Waals surface area contributed by atoms with Crippen molar-refractivity contribution < 1.29 is 9.84 Å². The lowest BCUT2D eigenvalue weighted by Crippen LogP contribution is -1.95. The zero-order chi connectivity index (χ0) is 14.7. The molecule has 2 aromatic rings. The largest absolute Gasteiger partial charge is 0.457 e. The molecule has 0 saturated carbocycles. The van der Waals surface area contributed by atoms with E-state index in [2.05, 4.69) is 18.8 Å². The summed E-state index contributed by atoms with van der Waals surface area (Å²) in [5, 5.41) is 9.86. The lowest BCUT2D eigenvalue weighted by molar-refractivity contribution is 0.276. The van der Waals surface area contributed by atoms with Gasteiger partial charge in [-0.25, -0.2) is 0 Å². The Hall–Kier alpha value is -1.58. The molecule has 106 valence electrons. The highest BCUT2D eigenvalue weighted by molar-refractivity contribution is 6.31. The van der Waals surface area contributed by atoms with Gasteiger partial charge in [0.25, 0.3) is 0 Å². The predicted molar refractivity (Wildman–Crippen MR) is 80.5 cm³/mol. The maximum Gasteiger partial charge on any atom is 0.130 e. The average Bonchev–Trinajstić information content (AvgIpc) is 2.41. The first-order valence-electron chi connectivity index (χ1n) is 6.55. The molecule has 20 heavy (non-hydrogen) atoms. The molecule has 0 amide bonds. The van der Waals surface area contributed by atoms with Crippen LogP contribution in [0.4, 0.5) is 0 Å². The van der Waals surface area contributed by atoms with Gasteiger partial charge in [0, 0.05) is 17.3 Å². The van der Waals surface area contributed by atoms with Crippen LogP contribution >= 0.6 is 11.6 Å². The number of aliphatic hydroxyl groups is 1. The summed E-state index contributed by atoms with van der Waals surface area (Å²) in [5.41, 5.74) is 2.61. The van der Waals surface area contributed by atoms with Gasteiger partial charge < -0.3 is 9.84 Å². The first kappa shape index (κ1) is 14.8. The van der Waals surface area contributed by atoms with E-state index >= 15 is 0 Å². The molecule has 1 heterocycles. The van der Waals surface area contributed by atoms with Crippen molar-refractivity contribution in [1.29, 1.82) is 0 Å². The van der Waals surface area contributed by atoms with Gasteiger partial charge in [0.05, 0.1) is 12.3 Å². The third-order valence-corrected chi connectivity index (χ3v) is 3.42. The van der Waals surface area contributed by atoms with E-state index in [4.69, 9.17) is 21.4 Å². The number of aliphatic hydroxyl groups excluding tert-OH is 1. The molecule has 0 aliphatic carbocycles. The molecule has 0 fully saturated rings. The Balaban J connectivity index is 2.35. The topological polar surface area (TPSA) is 42.4 Å². The number of hydrogen-bond acceptors (Lipinski definition) is 3. The van der Waals surface area contributed by atoms with Crippen molar-refractivity contribution in [2.45, 2.75) is 33.3 Å². The van der Waals surface area contributed by atoms with Gasteiger partial charge in [0.2, 0.25) is 0 Å². The van der Waals surface area contributed by atoms with Crippen LogP contribution in [-0.4, -0.2) is 10.1 Å². The first-order valence-corrected chi connectivity index (χ1v) is 6.92. The first-order chi connectivity index (χ1) is 9.51. The van der Waals surface area contributed by atoms with Crippen LogP contribution in [-0.2, 0) is 6.61 Å². The minimum Gasteiger partial charge on any atom is -0.457 e. The highest BCUT2D eigenvalue weighted by Crippen LogP contribution is 2.33. The Labute approximate surface area is 124 Å². The lowest BCUT2D eigenvalue weighted by Gasteiger charge is -2.14. The molecule has 0 unspecified atom stereocenters. The third kappa shape index (κ3) is 3.30. The van der Waals surface area contributed by atoms with Gasteiger partial charge in [0.15, 0.2) is 0 Å². The van der Waals surface area contributed by atoms with Crippen LogP contribution in [0.1, 0.15) is 36.6 Å². The SMILES string of the molecule is Cc1cc(Cl)c(C(C)C)cc1Oc1ccnc(CO)c1. The fraction of sp³-hybridized carbons (Fsp3) is 0.312. The van der Waals surface area contributed by atoms with E-state index in [1.54, 1.807) is 18.3 Å². The maximum atomic E-state index is 9.10. The molecule has 1 aromatic heterocycles. The minimum absolute atomic E-state index is 0.103. The second kappa shape index (κ2) is 6.25. The van der Waals surface area contributed by atoms with Crippen molar-refractivity contribution in [3.63, 3.8) is 0 Å². The number of ether oxygens (including phenoxy) is 1. The normalized spacial score (nSPS) is 10.9. The van der Waals surface area contributed by atoms with E-state index < -0.39 is 0 Å². The van der Waals surface area contributed by atoms with Gasteiger partial charge in [-0.3, -0.25) is 4.98 Å². The molecule has 2 rings (SSSR count). The molecular weight excluding hydrogens is 274 g/mol. The number of rotatable bonds is 4. The predicted octanol–water partition coefficient (Wildman–Crippen LogP) is 4.45. The molecule has 1 aromatic carbocycles. The van der Waals surface area contributed by atoms with E-state index in [9.17, 15) is 0 Å². The van der Waals surface area contributed by atoms with Crippen molar-refractivity contribution >= 4 is 11.6 Å². The molecule has 3 nitrogen and oxygen atoms in total. The summed E-state index contributed by atoms with van der Waals surface area (Å²) in [5.74, 6) is 1.76. The highest BCUT2D eigenvalue weighted by Gasteiger charge is 2.11. The molecule has 0 aliphatic rings. The van der Waals surface area contributed by atoms with Crippen molar-refractivity contribution in [2.75, 3.05) is 0 Å². The number of aromatic nitrogens is 1. The van der Waals surface area contributed by atoms with Crippen LogP contribution in [0, 0.1) is 6.92 Å². The Morgan fingerprint density at radius 1 is 1.30 bits per heavy atom. The fourth-order valence-corrected chi connectivity index (χ4v) is 2.39. The summed E-state index contributed by atoms with van der Waals surface area (Å²) >= 11 is 6.25. The van der Waals surface area contributed by atoms with Crippen LogP contribution in [0.3, 0.4) is 0 Å². The van der Waals surface area contributed by atoms with Crippen LogP contribution in [0.25, 0.3) is 0 Å². The Kier molecular flexibility index (Phi) is 4.63. The average molecular weight is 292 g/mol. The molecule has 0 atom stereocenters. The number of nitrogens with zero attached hydrogens (tertiary/aromatic N) is 1. The second-order valence-electron chi connectivity index (χ2n) is 5.04.